The lowest BCUT2D eigenvalue weighted by atomic mass is 10.1. The molecule has 8 heteroatoms. The lowest BCUT2D eigenvalue weighted by molar-refractivity contribution is 0.0687. The van der Waals surface area contributed by atoms with Crippen LogP contribution in [-0.2, 0) is 0 Å². The number of pyridine rings is 1. The number of carbonyl (C=O) groups is 1. The Kier molecular flexibility index (Phi) is 3.12. The van der Waals surface area contributed by atoms with E-state index in [0.717, 1.165) is 22.2 Å². The van der Waals surface area contributed by atoms with Crippen molar-refractivity contribution >= 4 is 22.6 Å². The van der Waals surface area contributed by atoms with Crippen molar-refractivity contribution in [1.29, 1.82) is 0 Å². The fourth-order valence-electron chi connectivity index (χ4n) is 3.38. The molecule has 27 heavy (non-hydrogen) atoms. The van der Waals surface area contributed by atoms with Crippen LogP contribution in [0.3, 0.4) is 0 Å². The molecular formula is C19H14N4O4. The molecule has 0 aliphatic carbocycles. The fraction of sp³-hybridized carbons (Fsp3) is 0.158. The standard InChI is InChI=1S/C19H14N4O4/c1-9-5-10(2)20-17-16(9)18-21-12(7-13(19(24)25)23(18)22-17)11-3-4-14-15(6-11)27-8-26-14/h3-7H,8H2,1-2H3,(H,24,25). The minimum absolute atomic E-state index is 0.0164. The van der Waals surface area contributed by atoms with E-state index in [0.29, 0.717) is 28.5 Å². The third-order valence-corrected chi connectivity index (χ3v) is 4.56. The van der Waals surface area contributed by atoms with E-state index in [2.05, 4.69) is 10.1 Å². The monoisotopic (exact) mass is 362 g/mol. The lowest BCUT2D eigenvalue weighted by Crippen LogP contribution is -2.08. The van der Waals surface area contributed by atoms with Crippen molar-refractivity contribution < 1.29 is 19.4 Å². The molecule has 8 nitrogen and oxygen atoms in total. The van der Waals surface area contributed by atoms with E-state index in [9.17, 15) is 9.90 Å². The molecule has 1 aliphatic heterocycles. The smallest absolute Gasteiger partial charge is 0.354 e. The number of nitrogens with zero attached hydrogens (tertiary/aromatic N) is 4. The summed E-state index contributed by atoms with van der Waals surface area (Å²) in [5.74, 6) is 0.174. The lowest BCUT2D eigenvalue weighted by Gasteiger charge is -2.06. The number of fused-ring (bicyclic) bond motifs is 4. The number of hydrogen-bond acceptors (Lipinski definition) is 6. The first-order valence-electron chi connectivity index (χ1n) is 8.32. The van der Waals surface area contributed by atoms with E-state index in [1.54, 1.807) is 12.1 Å². The second kappa shape index (κ2) is 5.41. The summed E-state index contributed by atoms with van der Waals surface area (Å²) < 4.78 is 12.1. The second-order valence-electron chi connectivity index (χ2n) is 6.41. The van der Waals surface area contributed by atoms with Crippen LogP contribution >= 0.6 is 0 Å². The highest BCUT2D eigenvalue weighted by Crippen LogP contribution is 2.36. The summed E-state index contributed by atoms with van der Waals surface area (Å²) in [5, 5.41) is 14.8. The third kappa shape index (κ3) is 2.30. The molecule has 0 saturated heterocycles. The average molecular weight is 362 g/mol. The van der Waals surface area contributed by atoms with Crippen molar-refractivity contribution in [3.8, 4) is 22.8 Å². The number of hydrogen-bond donors (Lipinski definition) is 1. The number of carboxylic acid groups (broad SMARTS) is 1. The van der Waals surface area contributed by atoms with Gasteiger partial charge >= 0.3 is 5.97 Å². The summed E-state index contributed by atoms with van der Waals surface area (Å²) in [6.07, 6.45) is 0. The van der Waals surface area contributed by atoms with Crippen LogP contribution in [0.15, 0.2) is 30.3 Å². The van der Waals surface area contributed by atoms with E-state index in [-0.39, 0.29) is 12.5 Å². The van der Waals surface area contributed by atoms with Gasteiger partial charge in [0.1, 0.15) is 0 Å². The Morgan fingerprint density at radius 1 is 1.11 bits per heavy atom. The molecule has 5 rings (SSSR count). The zero-order chi connectivity index (χ0) is 18.7. The molecule has 4 aromatic rings. The Labute approximate surface area is 153 Å². The van der Waals surface area contributed by atoms with Crippen LogP contribution < -0.4 is 9.47 Å². The molecule has 0 unspecified atom stereocenters. The molecule has 4 heterocycles. The van der Waals surface area contributed by atoms with Crippen LogP contribution in [0.5, 0.6) is 11.5 Å². The van der Waals surface area contributed by atoms with Gasteiger partial charge in [-0.05, 0) is 49.7 Å². The summed E-state index contributed by atoms with van der Waals surface area (Å²) in [5.41, 5.74) is 3.96. The number of aromatic carboxylic acids is 1. The topological polar surface area (TPSA) is 98.8 Å². The van der Waals surface area contributed by atoms with Crippen LogP contribution in [-0.4, -0.2) is 37.5 Å². The Morgan fingerprint density at radius 3 is 2.74 bits per heavy atom. The Hall–Kier alpha value is -3.68. The van der Waals surface area contributed by atoms with Crippen molar-refractivity contribution in [2.45, 2.75) is 13.8 Å². The van der Waals surface area contributed by atoms with Gasteiger partial charge in [-0.2, -0.15) is 0 Å². The SMILES string of the molecule is Cc1cc(C)c2c(n1)nn1c(C(=O)O)cc(-c3ccc4c(c3)OCO4)nc21. The minimum Gasteiger partial charge on any atom is -0.477 e. The molecule has 1 aromatic carbocycles. The van der Waals surface area contributed by atoms with Gasteiger partial charge in [0.15, 0.2) is 28.5 Å². The van der Waals surface area contributed by atoms with Crippen LogP contribution in [0, 0.1) is 13.8 Å². The largest absolute Gasteiger partial charge is 0.477 e. The number of rotatable bonds is 2. The fourth-order valence-corrected chi connectivity index (χ4v) is 3.38. The Bertz CT molecular complexity index is 1260. The molecule has 134 valence electrons. The molecule has 0 spiro atoms. The van der Waals surface area contributed by atoms with Gasteiger partial charge in [0.25, 0.3) is 0 Å². The highest BCUT2D eigenvalue weighted by Gasteiger charge is 2.20. The zero-order valence-electron chi connectivity index (χ0n) is 14.6. The maximum Gasteiger partial charge on any atom is 0.354 e. The third-order valence-electron chi connectivity index (χ3n) is 4.56. The van der Waals surface area contributed by atoms with E-state index in [4.69, 9.17) is 14.5 Å². The van der Waals surface area contributed by atoms with Crippen LogP contribution in [0.25, 0.3) is 27.9 Å². The number of aryl methyl sites for hydroxylation is 2. The summed E-state index contributed by atoms with van der Waals surface area (Å²) in [6.45, 7) is 3.98. The molecule has 0 saturated carbocycles. The van der Waals surface area contributed by atoms with E-state index in [1.165, 1.54) is 10.6 Å². The van der Waals surface area contributed by atoms with Gasteiger partial charge in [-0.1, -0.05) is 0 Å². The van der Waals surface area contributed by atoms with Crippen molar-refractivity contribution in [3.63, 3.8) is 0 Å². The molecule has 3 aromatic heterocycles. The van der Waals surface area contributed by atoms with Gasteiger partial charge in [0.2, 0.25) is 6.79 Å². The molecule has 0 bridgehead atoms. The normalized spacial score (nSPS) is 12.8. The van der Waals surface area contributed by atoms with E-state index < -0.39 is 5.97 Å². The van der Waals surface area contributed by atoms with Crippen molar-refractivity contribution in [1.82, 2.24) is 19.6 Å². The van der Waals surface area contributed by atoms with Gasteiger partial charge in [-0.3, -0.25) is 0 Å². The average Bonchev–Trinajstić information content (AvgIpc) is 3.23. The van der Waals surface area contributed by atoms with Gasteiger partial charge in [-0.15, -0.1) is 5.10 Å². The first kappa shape index (κ1) is 15.6. The van der Waals surface area contributed by atoms with Crippen molar-refractivity contribution in [3.05, 3.63) is 47.3 Å². The number of ether oxygens (including phenoxy) is 2. The summed E-state index contributed by atoms with van der Waals surface area (Å²) in [7, 11) is 0. The van der Waals surface area contributed by atoms with Crippen molar-refractivity contribution in [2.24, 2.45) is 0 Å². The maximum absolute atomic E-state index is 11.9. The highest BCUT2D eigenvalue weighted by molar-refractivity contribution is 5.96. The number of carboxylic acids is 1. The predicted molar refractivity (Wildman–Crippen MR) is 96.3 cm³/mol. The first-order chi connectivity index (χ1) is 13.0. The second-order valence-corrected chi connectivity index (χ2v) is 6.41. The predicted octanol–water partition coefficient (Wildman–Crippen LogP) is 2.99. The highest BCUT2D eigenvalue weighted by atomic mass is 16.7. The van der Waals surface area contributed by atoms with Gasteiger partial charge in [0.05, 0.1) is 11.1 Å². The van der Waals surface area contributed by atoms with E-state index >= 15 is 0 Å². The van der Waals surface area contributed by atoms with Gasteiger partial charge < -0.3 is 14.6 Å². The Balaban J connectivity index is 1.84. The zero-order valence-corrected chi connectivity index (χ0v) is 14.6. The molecule has 0 amide bonds. The number of benzene rings is 1. The maximum atomic E-state index is 11.9. The van der Waals surface area contributed by atoms with Crippen LogP contribution in [0.2, 0.25) is 0 Å². The summed E-state index contributed by atoms with van der Waals surface area (Å²) >= 11 is 0. The molecular weight excluding hydrogens is 348 g/mol. The van der Waals surface area contributed by atoms with Crippen molar-refractivity contribution in [2.75, 3.05) is 6.79 Å². The summed E-state index contributed by atoms with van der Waals surface area (Å²) in [6, 6.07) is 8.83. The molecule has 0 radical (unpaired) electrons. The van der Waals surface area contributed by atoms with E-state index in [1.807, 2.05) is 26.0 Å². The molecule has 1 aliphatic rings. The molecule has 1 N–H and O–H groups in total. The quantitative estimate of drug-likeness (QED) is 0.585. The van der Waals surface area contributed by atoms with Gasteiger partial charge in [0, 0.05) is 11.3 Å². The summed E-state index contributed by atoms with van der Waals surface area (Å²) in [4.78, 5) is 21.0. The molecule has 0 fully saturated rings. The van der Waals surface area contributed by atoms with Gasteiger partial charge in [-0.25, -0.2) is 19.3 Å². The Morgan fingerprint density at radius 2 is 1.93 bits per heavy atom. The number of aromatic nitrogens is 4. The molecule has 0 atom stereocenters. The van der Waals surface area contributed by atoms with Crippen LogP contribution in [0.1, 0.15) is 21.7 Å². The van der Waals surface area contributed by atoms with Crippen LogP contribution in [0.4, 0.5) is 0 Å². The first-order valence-corrected chi connectivity index (χ1v) is 8.32. The minimum atomic E-state index is -1.09.